The first-order valence-corrected chi connectivity index (χ1v) is 25.2. The quantitative estimate of drug-likeness (QED) is 0.0441. The Hall–Kier alpha value is -7.37. The SMILES string of the molecule is CO[C@H]1O[C@H](COCc2ccccc2)[C@@H](OCc2ccccc2)[C@H](OCc2ccccc2)[C@H]1O[C@H]1O[C@H](COC(=O)c2ccccc2)[C@@H](OC(=O)c2ccccc2)[C@H](OC(=O)c2ccccc2)[C@H]1OCc1ccccc1. The highest BCUT2D eigenvalue weighted by atomic mass is 16.8. The molecule has 392 valence electrons. The molecule has 2 aliphatic rings. The monoisotopic (exact) mass is 1030 g/mol. The van der Waals surface area contributed by atoms with Crippen molar-refractivity contribution in [2.24, 2.45) is 0 Å². The molecule has 2 saturated heterocycles. The number of esters is 3. The van der Waals surface area contributed by atoms with Gasteiger partial charge in [-0.15, -0.1) is 0 Å². The molecule has 0 radical (unpaired) electrons. The van der Waals surface area contributed by atoms with E-state index >= 15 is 0 Å². The minimum Gasteiger partial charge on any atom is -0.459 e. The Balaban J connectivity index is 1.12. The zero-order valence-corrected chi connectivity index (χ0v) is 41.9. The minimum absolute atomic E-state index is 0.0342. The van der Waals surface area contributed by atoms with E-state index in [1.54, 1.807) is 91.0 Å². The fourth-order valence-corrected chi connectivity index (χ4v) is 8.98. The van der Waals surface area contributed by atoms with Crippen LogP contribution in [0.25, 0.3) is 0 Å². The summed E-state index contributed by atoms with van der Waals surface area (Å²) in [5.41, 5.74) is 4.19. The van der Waals surface area contributed by atoms with Gasteiger partial charge in [-0.3, -0.25) is 0 Å². The smallest absolute Gasteiger partial charge is 0.338 e. The first-order chi connectivity index (χ1) is 37.4. The van der Waals surface area contributed by atoms with Crippen molar-refractivity contribution in [3.63, 3.8) is 0 Å². The molecule has 7 aromatic carbocycles. The van der Waals surface area contributed by atoms with E-state index in [9.17, 15) is 14.4 Å². The molecule has 76 heavy (non-hydrogen) atoms. The molecular formula is C62H60O14. The summed E-state index contributed by atoms with van der Waals surface area (Å²) in [4.78, 5) is 42.4. The molecule has 9 rings (SSSR count). The second-order valence-corrected chi connectivity index (χ2v) is 18.1. The van der Waals surface area contributed by atoms with Crippen molar-refractivity contribution in [1.82, 2.24) is 0 Å². The lowest BCUT2D eigenvalue weighted by molar-refractivity contribution is -0.375. The highest BCUT2D eigenvalue weighted by molar-refractivity contribution is 5.91. The van der Waals surface area contributed by atoms with Crippen molar-refractivity contribution in [2.45, 2.75) is 87.8 Å². The van der Waals surface area contributed by atoms with Gasteiger partial charge in [0, 0.05) is 7.11 Å². The van der Waals surface area contributed by atoms with Crippen LogP contribution in [0.15, 0.2) is 212 Å². The summed E-state index contributed by atoms with van der Waals surface area (Å²) in [7, 11) is 1.49. The van der Waals surface area contributed by atoms with Gasteiger partial charge in [-0.05, 0) is 58.7 Å². The van der Waals surface area contributed by atoms with Gasteiger partial charge in [0.25, 0.3) is 0 Å². The van der Waals surface area contributed by atoms with Crippen molar-refractivity contribution in [3.8, 4) is 0 Å². The van der Waals surface area contributed by atoms with Crippen molar-refractivity contribution < 1.29 is 66.5 Å². The van der Waals surface area contributed by atoms with Crippen LogP contribution in [0, 0.1) is 0 Å². The van der Waals surface area contributed by atoms with E-state index in [0.29, 0.717) is 6.61 Å². The molecule has 2 aliphatic heterocycles. The van der Waals surface area contributed by atoms with E-state index < -0.39 is 85.9 Å². The number of ether oxygens (including phenoxy) is 11. The number of hydrogen-bond acceptors (Lipinski definition) is 14. The Kier molecular flexibility index (Phi) is 19.3. The van der Waals surface area contributed by atoms with Gasteiger partial charge in [-0.2, -0.15) is 0 Å². The molecule has 0 saturated carbocycles. The average Bonchev–Trinajstić information content (AvgIpc) is 3.51. The average molecular weight is 1030 g/mol. The summed E-state index contributed by atoms with van der Waals surface area (Å²) in [6.07, 6.45) is -12.0. The number of rotatable bonds is 23. The van der Waals surface area contributed by atoms with E-state index in [2.05, 4.69) is 0 Å². The van der Waals surface area contributed by atoms with E-state index in [0.717, 1.165) is 22.3 Å². The van der Waals surface area contributed by atoms with Crippen molar-refractivity contribution in [1.29, 1.82) is 0 Å². The van der Waals surface area contributed by atoms with E-state index in [-0.39, 0.29) is 43.1 Å². The highest BCUT2D eigenvalue weighted by Crippen LogP contribution is 2.37. The van der Waals surface area contributed by atoms with Gasteiger partial charge in [0.05, 0.1) is 49.7 Å². The molecule has 0 unspecified atom stereocenters. The van der Waals surface area contributed by atoms with Gasteiger partial charge in [0.2, 0.25) is 0 Å². The molecule has 0 spiro atoms. The van der Waals surface area contributed by atoms with Crippen LogP contribution < -0.4 is 0 Å². The molecule has 7 aromatic rings. The highest BCUT2D eigenvalue weighted by Gasteiger charge is 2.56. The summed E-state index contributed by atoms with van der Waals surface area (Å²) in [6, 6.07) is 63.7. The maximum Gasteiger partial charge on any atom is 0.338 e. The number of carbonyl (C=O) groups excluding carboxylic acids is 3. The standard InChI is InChI=1S/C62H60O14/c1-66-61-57(54(69-39-45-27-13-4-14-28-45)52(68-38-44-25-11-3-12-26-44)50(72-61)41-67-37-43-23-9-2-10-24-43)76-62-56(70-40-46-29-15-5-16-30-46)55(75-60(65)49-35-21-8-22-36-49)53(74-59(64)48-33-19-7-20-34-48)51(73-62)42-71-58(63)47-31-17-6-18-32-47/h2-36,50-57,61-62H,37-42H2,1H3/t50-,51-,52-,53-,54+,55+,56-,57-,61+,62-/m1/s1. The summed E-state index contributed by atoms with van der Waals surface area (Å²) in [5.74, 6) is -2.19. The van der Waals surface area contributed by atoms with Gasteiger partial charge in [0.15, 0.2) is 24.8 Å². The molecule has 0 N–H and O–H groups in total. The number of methoxy groups -OCH3 is 1. The number of hydrogen-bond donors (Lipinski definition) is 0. The second-order valence-electron chi connectivity index (χ2n) is 18.1. The molecule has 0 aliphatic carbocycles. The van der Waals surface area contributed by atoms with Crippen LogP contribution in [0.5, 0.6) is 0 Å². The molecule has 0 amide bonds. The van der Waals surface area contributed by atoms with Crippen LogP contribution in [-0.2, 0) is 78.5 Å². The second kappa shape index (κ2) is 27.4. The van der Waals surface area contributed by atoms with Crippen LogP contribution >= 0.6 is 0 Å². The molecule has 0 aromatic heterocycles. The predicted molar refractivity (Wildman–Crippen MR) is 278 cm³/mol. The van der Waals surface area contributed by atoms with E-state index in [4.69, 9.17) is 52.1 Å². The number of benzene rings is 7. The van der Waals surface area contributed by atoms with Gasteiger partial charge in [0.1, 0.15) is 43.2 Å². The summed E-state index contributed by atoms with van der Waals surface area (Å²) in [5, 5.41) is 0. The van der Waals surface area contributed by atoms with Gasteiger partial charge < -0.3 is 52.1 Å². The zero-order valence-electron chi connectivity index (χ0n) is 41.9. The first kappa shape index (κ1) is 53.5. The molecule has 14 nitrogen and oxygen atoms in total. The Morgan fingerprint density at radius 3 is 1.20 bits per heavy atom. The lowest BCUT2D eigenvalue weighted by atomic mass is 9.96. The Morgan fingerprint density at radius 1 is 0.368 bits per heavy atom. The van der Waals surface area contributed by atoms with Gasteiger partial charge in [-0.25, -0.2) is 14.4 Å². The molecule has 0 bridgehead atoms. The Bertz CT molecular complexity index is 2830. The maximum absolute atomic E-state index is 14.4. The van der Waals surface area contributed by atoms with Crippen LogP contribution in [0.2, 0.25) is 0 Å². The van der Waals surface area contributed by atoms with E-state index in [1.807, 2.05) is 121 Å². The van der Waals surface area contributed by atoms with Gasteiger partial charge >= 0.3 is 17.9 Å². The molecule has 10 atom stereocenters. The largest absolute Gasteiger partial charge is 0.459 e. The molecular weight excluding hydrogens is 969 g/mol. The Morgan fingerprint density at radius 2 is 0.737 bits per heavy atom. The third kappa shape index (κ3) is 14.5. The van der Waals surface area contributed by atoms with Crippen molar-refractivity contribution >= 4 is 17.9 Å². The first-order valence-electron chi connectivity index (χ1n) is 25.2. The molecule has 14 heteroatoms. The lowest BCUT2D eigenvalue weighted by Gasteiger charge is -2.49. The van der Waals surface area contributed by atoms with Crippen LogP contribution in [0.3, 0.4) is 0 Å². The fourth-order valence-electron chi connectivity index (χ4n) is 8.98. The molecule has 2 fully saturated rings. The minimum atomic E-state index is -1.50. The van der Waals surface area contributed by atoms with E-state index in [1.165, 1.54) is 7.11 Å². The van der Waals surface area contributed by atoms with Crippen molar-refractivity contribution in [2.75, 3.05) is 20.3 Å². The zero-order chi connectivity index (χ0) is 52.3. The molecule has 2 heterocycles. The van der Waals surface area contributed by atoms with Crippen LogP contribution in [-0.4, -0.2) is 99.6 Å². The Labute approximate surface area is 442 Å². The topological polar surface area (TPSA) is 153 Å². The fraction of sp³-hybridized carbons (Fsp3) is 0.274. The van der Waals surface area contributed by atoms with Crippen molar-refractivity contribution in [3.05, 3.63) is 251 Å². The van der Waals surface area contributed by atoms with Gasteiger partial charge in [-0.1, -0.05) is 176 Å². The lowest BCUT2D eigenvalue weighted by Crippen LogP contribution is -2.66. The summed E-state index contributed by atoms with van der Waals surface area (Å²) in [6.45, 7) is 0.145. The predicted octanol–water partition coefficient (Wildman–Crippen LogP) is 9.75. The van der Waals surface area contributed by atoms with Crippen LogP contribution in [0.1, 0.15) is 53.3 Å². The maximum atomic E-state index is 14.4. The normalized spacial score (nSPS) is 23.2. The third-order valence-electron chi connectivity index (χ3n) is 12.8. The summed E-state index contributed by atoms with van der Waals surface area (Å²) < 4.78 is 72.9. The summed E-state index contributed by atoms with van der Waals surface area (Å²) >= 11 is 0. The number of carbonyl (C=O) groups is 3. The third-order valence-corrected chi connectivity index (χ3v) is 12.8. The van der Waals surface area contributed by atoms with Crippen LogP contribution in [0.4, 0.5) is 0 Å².